The lowest BCUT2D eigenvalue weighted by molar-refractivity contribution is 0.112. The number of hydrogen-bond donors (Lipinski definition) is 0. The fourth-order valence-corrected chi connectivity index (χ4v) is 2.24. The van der Waals surface area contributed by atoms with E-state index >= 15 is 0 Å². The van der Waals surface area contributed by atoms with Crippen molar-refractivity contribution >= 4 is 6.29 Å². The summed E-state index contributed by atoms with van der Waals surface area (Å²) in [7, 11) is 0. The van der Waals surface area contributed by atoms with Crippen LogP contribution in [-0.2, 0) is 0 Å². The molecule has 0 bridgehead atoms. The van der Waals surface area contributed by atoms with Gasteiger partial charge in [-0.15, -0.1) is 0 Å². The van der Waals surface area contributed by atoms with Crippen molar-refractivity contribution in [2.75, 3.05) is 0 Å². The van der Waals surface area contributed by atoms with Crippen molar-refractivity contribution in [1.82, 2.24) is 0 Å². The smallest absolute Gasteiger partial charge is 0.150 e. The molecule has 1 heteroatoms. The Kier molecular flexibility index (Phi) is 3.16. The van der Waals surface area contributed by atoms with Crippen LogP contribution in [0.3, 0.4) is 0 Å². The largest absolute Gasteiger partial charge is 0.298 e. The molecule has 0 radical (unpaired) electrons. The van der Waals surface area contributed by atoms with E-state index in [9.17, 15) is 4.79 Å². The lowest BCUT2D eigenvalue weighted by atomic mass is 10.1. The van der Waals surface area contributed by atoms with Gasteiger partial charge in [-0.3, -0.25) is 4.79 Å². The lowest BCUT2D eigenvalue weighted by Crippen LogP contribution is -1.82. The molecule has 0 aromatic heterocycles. The third kappa shape index (κ3) is 2.74. The highest BCUT2D eigenvalue weighted by atomic mass is 16.1. The number of carbonyl (C=O) groups excluding carboxylic acids is 1. The molecule has 19 heavy (non-hydrogen) atoms. The third-order valence-corrected chi connectivity index (χ3v) is 3.47. The number of aldehydes is 1. The van der Waals surface area contributed by atoms with Gasteiger partial charge in [-0.1, -0.05) is 54.3 Å². The molecule has 2 aromatic carbocycles. The summed E-state index contributed by atoms with van der Waals surface area (Å²) in [5.41, 5.74) is 3.06. The van der Waals surface area contributed by atoms with Crippen LogP contribution in [0.5, 0.6) is 0 Å². The number of benzene rings is 2. The number of carbonyl (C=O) groups is 1. The van der Waals surface area contributed by atoms with Gasteiger partial charge in [0.1, 0.15) is 6.29 Å². The SMILES string of the molecule is O=Cc1ccc(C#CC2CC2c2ccccc2)cc1. The second-order valence-electron chi connectivity index (χ2n) is 4.87. The Morgan fingerprint density at radius 3 is 2.42 bits per heavy atom. The summed E-state index contributed by atoms with van der Waals surface area (Å²) in [5.74, 6) is 7.59. The zero-order chi connectivity index (χ0) is 13.1. The van der Waals surface area contributed by atoms with E-state index in [0.29, 0.717) is 17.4 Å². The van der Waals surface area contributed by atoms with Gasteiger partial charge in [0.25, 0.3) is 0 Å². The first-order chi connectivity index (χ1) is 9.36. The maximum atomic E-state index is 10.6. The molecule has 1 saturated carbocycles. The number of hydrogen-bond acceptors (Lipinski definition) is 1. The van der Waals surface area contributed by atoms with E-state index < -0.39 is 0 Å². The van der Waals surface area contributed by atoms with Gasteiger partial charge >= 0.3 is 0 Å². The van der Waals surface area contributed by atoms with Gasteiger partial charge in [0.05, 0.1) is 0 Å². The van der Waals surface area contributed by atoms with Gasteiger partial charge in [-0.05, 0) is 30.0 Å². The zero-order valence-corrected chi connectivity index (χ0v) is 10.5. The summed E-state index contributed by atoms with van der Waals surface area (Å²) in [4.78, 5) is 10.6. The molecule has 1 nitrogen and oxygen atoms in total. The van der Waals surface area contributed by atoms with E-state index in [1.165, 1.54) is 5.56 Å². The highest BCUT2D eigenvalue weighted by Crippen LogP contribution is 2.46. The van der Waals surface area contributed by atoms with Gasteiger partial charge in [0.15, 0.2) is 0 Å². The Balaban J connectivity index is 1.67. The summed E-state index contributed by atoms with van der Waals surface area (Å²) < 4.78 is 0. The van der Waals surface area contributed by atoms with Crippen LogP contribution in [0, 0.1) is 17.8 Å². The van der Waals surface area contributed by atoms with E-state index in [-0.39, 0.29) is 0 Å². The van der Waals surface area contributed by atoms with Crippen molar-refractivity contribution in [3.63, 3.8) is 0 Å². The van der Waals surface area contributed by atoms with Gasteiger partial charge in [0.2, 0.25) is 0 Å². The summed E-state index contributed by atoms with van der Waals surface area (Å²) >= 11 is 0. The minimum absolute atomic E-state index is 0.480. The minimum Gasteiger partial charge on any atom is -0.298 e. The van der Waals surface area contributed by atoms with Crippen LogP contribution in [0.4, 0.5) is 0 Å². The van der Waals surface area contributed by atoms with Gasteiger partial charge < -0.3 is 0 Å². The third-order valence-electron chi connectivity index (χ3n) is 3.47. The van der Waals surface area contributed by atoms with Crippen LogP contribution < -0.4 is 0 Å². The summed E-state index contributed by atoms with van der Waals surface area (Å²) in [6.45, 7) is 0. The predicted octanol–water partition coefficient (Wildman–Crippen LogP) is 3.65. The molecule has 1 aliphatic carbocycles. The Hall–Kier alpha value is -2.33. The van der Waals surface area contributed by atoms with Crippen molar-refractivity contribution in [3.8, 4) is 11.8 Å². The quantitative estimate of drug-likeness (QED) is 0.584. The summed E-state index contributed by atoms with van der Waals surface area (Å²) in [5, 5.41) is 0. The van der Waals surface area contributed by atoms with Crippen LogP contribution >= 0.6 is 0 Å². The van der Waals surface area contributed by atoms with Gasteiger partial charge in [-0.2, -0.15) is 0 Å². The lowest BCUT2D eigenvalue weighted by Gasteiger charge is -1.95. The highest BCUT2D eigenvalue weighted by molar-refractivity contribution is 5.74. The molecular weight excluding hydrogens is 232 g/mol. The molecule has 2 atom stereocenters. The van der Waals surface area contributed by atoms with E-state index in [1.54, 1.807) is 12.1 Å². The average Bonchev–Trinajstić information content (AvgIpc) is 3.26. The molecule has 2 unspecified atom stereocenters. The highest BCUT2D eigenvalue weighted by Gasteiger charge is 2.36. The molecule has 0 N–H and O–H groups in total. The maximum Gasteiger partial charge on any atom is 0.150 e. The molecule has 2 aromatic rings. The second-order valence-corrected chi connectivity index (χ2v) is 4.87. The van der Waals surface area contributed by atoms with Crippen molar-refractivity contribution in [1.29, 1.82) is 0 Å². The molecular formula is C18H14O. The van der Waals surface area contributed by atoms with Gasteiger partial charge in [0, 0.05) is 17.0 Å². The van der Waals surface area contributed by atoms with Crippen molar-refractivity contribution in [3.05, 3.63) is 71.3 Å². The van der Waals surface area contributed by atoms with E-state index in [2.05, 4.69) is 36.1 Å². The molecule has 1 fully saturated rings. The molecule has 0 aliphatic heterocycles. The Bertz CT molecular complexity index is 629. The molecule has 3 rings (SSSR count). The van der Waals surface area contributed by atoms with Crippen molar-refractivity contribution in [2.45, 2.75) is 12.3 Å². The first-order valence-electron chi connectivity index (χ1n) is 6.48. The monoisotopic (exact) mass is 246 g/mol. The Labute approximate surface area is 113 Å². The summed E-state index contributed by atoms with van der Waals surface area (Å²) in [6, 6.07) is 18.0. The summed E-state index contributed by atoms with van der Waals surface area (Å²) in [6.07, 6.45) is 2.01. The first-order valence-corrected chi connectivity index (χ1v) is 6.48. The minimum atomic E-state index is 0.480. The van der Waals surface area contributed by atoms with Crippen molar-refractivity contribution < 1.29 is 4.79 Å². The van der Waals surface area contributed by atoms with Crippen molar-refractivity contribution in [2.24, 2.45) is 5.92 Å². The van der Waals surface area contributed by atoms with E-state index in [0.717, 1.165) is 18.3 Å². The average molecular weight is 246 g/mol. The van der Waals surface area contributed by atoms with Crippen LogP contribution in [0.2, 0.25) is 0 Å². The molecule has 0 saturated heterocycles. The van der Waals surface area contributed by atoms with Crippen LogP contribution in [0.1, 0.15) is 33.8 Å². The normalized spacial score (nSPS) is 20.2. The molecule has 0 heterocycles. The van der Waals surface area contributed by atoms with Crippen LogP contribution in [-0.4, -0.2) is 6.29 Å². The number of rotatable bonds is 2. The first kappa shape index (κ1) is 11.7. The topological polar surface area (TPSA) is 17.1 Å². The Morgan fingerprint density at radius 2 is 1.74 bits per heavy atom. The zero-order valence-electron chi connectivity index (χ0n) is 10.5. The van der Waals surface area contributed by atoms with Crippen LogP contribution in [0.25, 0.3) is 0 Å². The molecule has 0 spiro atoms. The molecule has 92 valence electrons. The fourth-order valence-electron chi connectivity index (χ4n) is 2.24. The standard InChI is InChI=1S/C18H14O/c19-13-15-8-6-14(7-9-15)10-11-17-12-18(17)16-4-2-1-3-5-16/h1-9,13,17-18H,12H2. The van der Waals surface area contributed by atoms with Crippen LogP contribution in [0.15, 0.2) is 54.6 Å². The van der Waals surface area contributed by atoms with Gasteiger partial charge in [-0.25, -0.2) is 0 Å². The van der Waals surface area contributed by atoms with E-state index in [1.807, 2.05) is 18.2 Å². The Morgan fingerprint density at radius 1 is 1.00 bits per heavy atom. The molecule has 1 aliphatic rings. The maximum absolute atomic E-state index is 10.6. The van der Waals surface area contributed by atoms with E-state index in [4.69, 9.17) is 0 Å². The predicted molar refractivity (Wildman–Crippen MR) is 76.0 cm³/mol. The molecule has 0 amide bonds. The second kappa shape index (κ2) is 5.12. The fraction of sp³-hybridized carbons (Fsp3) is 0.167.